The zero-order chi connectivity index (χ0) is 15.9. The van der Waals surface area contributed by atoms with Crippen molar-refractivity contribution in [3.05, 3.63) is 17.2 Å². The minimum Gasteiger partial charge on any atom is -0.444 e. The lowest BCUT2D eigenvalue weighted by Crippen LogP contribution is -2.44. The molecule has 0 aliphatic carbocycles. The number of hydrogen-bond donors (Lipinski definition) is 1. The number of carbonyl (C=O) groups excluding carboxylic acids is 1. The van der Waals surface area contributed by atoms with Crippen LogP contribution in [0.4, 0.5) is 4.79 Å². The Labute approximate surface area is 129 Å². The smallest absolute Gasteiger partial charge is 0.410 e. The van der Waals surface area contributed by atoms with Gasteiger partial charge >= 0.3 is 6.09 Å². The van der Waals surface area contributed by atoms with Crippen molar-refractivity contribution in [3.8, 4) is 0 Å². The van der Waals surface area contributed by atoms with Crippen LogP contribution in [0.2, 0.25) is 0 Å². The fourth-order valence-electron chi connectivity index (χ4n) is 2.64. The molecule has 1 saturated heterocycles. The average Bonchev–Trinajstić information content (AvgIpc) is 3.00. The van der Waals surface area contributed by atoms with Crippen LogP contribution in [0, 0.1) is 0 Å². The SMILES string of the molecule is CC1OCc2[nH]c(C3CN(C(=O)OC(C)(C)C)CCO3)nc21. The van der Waals surface area contributed by atoms with E-state index < -0.39 is 5.60 Å². The molecular formula is C15H23N3O4. The van der Waals surface area contributed by atoms with Crippen LogP contribution in [0.5, 0.6) is 0 Å². The molecule has 22 heavy (non-hydrogen) atoms. The van der Waals surface area contributed by atoms with Gasteiger partial charge in [0.05, 0.1) is 37.3 Å². The number of H-pyrrole nitrogens is 1. The molecule has 7 nitrogen and oxygen atoms in total. The Kier molecular flexibility index (Phi) is 3.86. The molecule has 1 aromatic heterocycles. The molecule has 2 unspecified atom stereocenters. The third-order valence-electron chi connectivity index (χ3n) is 3.71. The minimum atomic E-state index is -0.497. The van der Waals surface area contributed by atoms with Gasteiger partial charge in [0.15, 0.2) is 0 Å². The van der Waals surface area contributed by atoms with Gasteiger partial charge < -0.3 is 24.1 Å². The Balaban J connectivity index is 1.68. The van der Waals surface area contributed by atoms with E-state index in [0.29, 0.717) is 26.3 Å². The molecular weight excluding hydrogens is 286 g/mol. The number of imidazole rings is 1. The highest BCUT2D eigenvalue weighted by Gasteiger charge is 2.32. The number of rotatable bonds is 1. The Morgan fingerprint density at radius 3 is 2.86 bits per heavy atom. The number of aromatic nitrogens is 2. The van der Waals surface area contributed by atoms with Gasteiger partial charge in [-0.25, -0.2) is 9.78 Å². The van der Waals surface area contributed by atoms with Crippen LogP contribution in [0.25, 0.3) is 0 Å². The number of carbonyl (C=O) groups is 1. The van der Waals surface area contributed by atoms with E-state index in [1.807, 2.05) is 27.7 Å². The molecule has 7 heteroatoms. The quantitative estimate of drug-likeness (QED) is 0.861. The topological polar surface area (TPSA) is 76.7 Å². The maximum atomic E-state index is 12.2. The van der Waals surface area contributed by atoms with Crippen LogP contribution in [-0.4, -0.2) is 46.3 Å². The van der Waals surface area contributed by atoms with E-state index in [0.717, 1.165) is 17.2 Å². The summed E-state index contributed by atoms with van der Waals surface area (Å²) in [6.45, 7) is 9.56. The van der Waals surface area contributed by atoms with Gasteiger partial charge in [-0.1, -0.05) is 0 Å². The molecule has 122 valence electrons. The highest BCUT2D eigenvalue weighted by Crippen LogP contribution is 2.31. The predicted molar refractivity (Wildman–Crippen MR) is 78.3 cm³/mol. The van der Waals surface area contributed by atoms with Gasteiger partial charge in [0, 0.05) is 6.54 Å². The first-order valence-corrected chi connectivity index (χ1v) is 7.63. The van der Waals surface area contributed by atoms with Gasteiger partial charge in [-0.15, -0.1) is 0 Å². The first-order valence-electron chi connectivity index (χ1n) is 7.63. The van der Waals surface area contributed by atoms with Crippen molar-refractivity contribution < 1.29 is 19.0 Å². The second kappa shape index (κ2) is 5.55. The molecule has 0 bridgehead atoms. The summed E-state index contributed by atoms with van der Waals surface area (Å²) in [4.78, 5) is 21.7. The molecule has 0 saturated carbocycles. The number of ether oxygens (including phenoxy) is 3. The van der Waals surface area contributed by atoms with Crippen LogP contribution in [0.15, 0.2) is 0 Å². The van der Waals surface area contributed by atoms with E-state index in [2.05, 4.69) is 9.97 Å². The fourth-order valence-corrected chi connectivity index (χ4v) is 2.64. The molecule has 1 fully saturated rings. The van der Waals surface area contributed by atoms with Crippen LogP contribution in [-0.2, 0) is 20.8 Å². The van der Waals surface area contributed by atoms with Gasteiger partial charge in [0.2, 0.25) is 0 Å². The normalized spacial score (nSPS) is 25.2. The molecule has 1 N–H and O–H groups in total. The van der Waals surface area contributed by atoms with E-state index in [4.69, 9.17) is 14.2 Å². The fraction of sp³-hybridized carbons (Fsp3) is 0.733. The third-order valence-corrected chi connectivity index (χ3v) is 3.71. The number of aromatic amines is 1. The molecule has 3 heterocycles. The van der Waals surface area contributed by atoms with E-state index >= 15 is 0 Å². The van der Waals surface area contributed by atoms with Crippen molar-refractivity contribution >= 4 is 6.09 Å². The summed E-state index contributed by atoms with van der Waals surface area (Å²) in [5.41, 5.74) is 1.44. The summed E-state index contributed by atoms with van der Waals surface area (Å²) in [5.74, 6) is 0.758. The number of fused-ring (bicyclic) bond motifs is 1. The van der Waals surface area contributed by atoms with Gasteiger partial charge in [0.1, 0.15) is 17.5 Å². The molecule has 2 atom stereocenters. The summed E-state index contributed by atoms with van der Waals surface area (Å²) in [6.07, 6.45) is -0.554. The largest absolute Gasteiger partial charge is 0.444 e. The number of nitrogens with zero attached hydrogens (tertiary/aromatic N) is 2. The number of hydrogen-bond acceptors (Lipinski definition) is 5. The van der Waals surface area contributed by atoms with Crippen LogP contribution in [0.1, 0.15) is 57.1 Å². The van der Waals surface area contributed by atoms with Crippen molar-refractivity contribution in [3.63, 3.8) is 0 Å². The minimum absolute atomic E-state index is 0.00514. The average molecular weight is 309 g/mol. The Bertz CT molecular complexity index is 564. The second-order valence-electron chi connectivity index (χ2n) is 6.72. The Morgan fingerprint density at radius 2 is 2.18 bits per heavy atom. The molecule has 2 aliphatic rings. The second-order valence-corrected chi connectivity index (χ2v) is 6.72. The number of morpholine rings is 1. The lowest BCUT2D eigenvalue weighted by molar-refractivity contribution is -0.0463. The van der Waals surface area contributed by atoms with E-state index in [9.17, 15) is 4.79 Å². The number of amides is 1. The lowest BCUT2D eigenvalue weighted by Gasteiger charge is -2.33. The van der Waals surface area contributed by atoms with Crippen LogP contribution in [0.3, 0.4) is 0 Å². The maximum absolute atomic E-state index is 12.2. The molecule has 0 aromatic carbocycles. The molecule has 3 rings (SSSR count). The molecule has 0 radical (unpaired) electrons. The van der Waals surface area contributed by atoms with Crippen molar-refractivity contribution in [2.24, 2.45) is 0 Å². The lowest BCUT2D eigenvalue weighted by atomic mass is 10.2. The zero-order valence-electron chi connectivity index (χ0n) is 13.5. The summed E-state index contributed by atoms with van der Waals surface area (Å²) in [6, 6.07) is 0. The van der Waals surface area contributed by atoms with Crippen molar-refractivity contribution in [1.29, 1.82) is 0 Å². The molecule has 1 aromatic rings. The van der Waals surface area contributed by atoms with Crippen LogP contribution >= 0.6 is 0 Å². The van der Waals surface area contributed by atoms with Gasteiger partial charge in [-0.3, -0.25) is 0 Å². The highest BCUT2D eigenvalue weighted by atomic mass is 16.6. The zero-order valence-corrected chi connectivity index (χ0v) is 13.5. The summed E-state index contributed by atoms with van der Waals surface area (Å²) in [5, 5.41) is 0. The highest BCUT2D eigenvalue weighted by molar-refractivity contribution is 5.68. The van der Waals surface area contributed by atoms with Gasteiger partial charge in [-0.05, 0) is 27.7 Å². The monoisotopic (exact) mass is 309 g/mol. The van der Waals surface area contributed by atoms with Gasteiger partial charge in [-0.2, -0.15) is 0 Å². The number of nitrogens with one attached hydrogen (secondary N) is 1. The predicted octanol–water partition coefficient (Wildman–Crippen LogP) is 2.31. The van der Waals surface area contributed by atoms with E-state index in [1.54, 1.807) is 4.90 Å². The molecule has 1 amide bonds. The Hall–Kier alpha value is -1.60. The third kappa shape index (κ3) is 3.10. The molecule has 2 aliphatic heterocycles. The Morgan fingerprint density at radius 1 is 1.41 bits per heavy atom. The van der Waals surface area contributed by atoms with Gasteiger partial charge in [0.25, 0.3) is 0 Å². The summed E-state index contributed by atoms with van der Waals surface area (Å²) in [7, 11) is 0. The standard InChI is InChI=1S/C15H23N3O4/c1-9-12-10(8-21-9)16-13(17-12)11-7-18(5-6-20-11)14(19)22-15(2,3)4/h9,11H,5-8H2,1-4H3,(H,16,17). The van der Waals surface area contributed by atoms with E-state index in [1.165, 1.54) is 0 Å². The van der Waals surface area contributed by atoms with Crippen molar-refractivity contribution in [2.45, 2.75) is 52.1 Å². The maximum Gasteiger partial charge on any atom is 0.410 e. The van der Waals surface area contributed by atoms with Crippen LogP contribution < -0.4 is 0 Å². The van der Waals surface area contributed by atoms with Crippen molar-refractivity contribution in [2.75, 3.05) is 19.7 Å². The molecule has 0 spiro atoms. The summed E-state index contributed by atoms with van der Waals surface area (Å²) >= 11 is 0. The van der Waals surface area contributed by atoms with E-state index in [-0.39, 0.29) is 18.3 Å². The van der Waals surface area contributed by atoms with Crippen molar-refractivity contribution in [1.82, 2.24) is 14.9 Å². The summed E-state index contributed by atoms with van der Waals surface area (Å²) < 4.78 is 16.7. The first-order chi connectivity index (χ1) is 10.3. The first kappa shape index (κ1) is 15.3.